The van der Waals surface area contributed by atoms with Crippen LogP contribution in [0.15, 0.2) is 12.7 Å². The van der Waals surface area contributed by atoms with Crippen LogP contribution in [-0.2, 0) is 28.8 Å². The van der Waals surface area contributed by atoms with Crippen LogP contribution >= 0.6 is 0 Å². The molecule has 9 nitrogen and oxygen atoms in total. The average Bonchev–Trinajstić information content (AvgIpc) is 2.95. The van der Waals surface area contributed by atoms with Gasteiger partial charge in [-0.05, 0) is 6.08 Å². The van der Waals surface area contributed by atoms with Gasteiger partial charge in [-0.25, -0.2) is 4.79 Å². The number of carbonyl (C=O) groups is 4. The molecule has 2 rings (SSSR count). The third-order valence-corrected chi connectivity index (χ3v) is 2.98. The van der Waals surface area contributed by atoms with Gasteiger partial charge < -0.3 is 15.2 Å². The van der Waals surface area contributed by atoms with Crippen LogP contribution in [-0.4, -0.2) is 52.3 Å². The van der Waals surface area contributed by atoms with Gasteiger partial charge in [0.25, 0.3) is 5.91 Å². The van der Waals surface area contributed by atoms with E-state index < -0.39 is 35.5 Å². The lowest BCUT2D eigenvalue weighted by Crippen LogP contribution is -2.56. The van der Waals surface area contributed by atoms with Gasteiger partial charge in [-0.1, -0.05) is 6.58 Å². The molecule has 108 valence electrons. The van der Waals surface area contributed by atoms with E-state index in [9.17, 15) is 24.3 Å². The monoisotopic (exact) mass is 284 g/mol. The number of esters is 1. The van der Waals surface area contributed by atoms with Crippen molar-refractivity contribution in [2.24, 2.45) is 0 Å². The maximum Gasteiger partial charge on any atom is 0.372 e. The zero-order chi connectivity index (χ0) is 14.9. The fraction of sp³-hybridized carbons (Fsp3) is 0.455. The fourth-order valence-electron chi connectivity index (χ4n) is 1.98. The number of carboxylic acids is 1. The molecule has 0 bridgehead atoms. The highest BCUT2D eigenvalue weighted by atomic mass is 16.7. The molecule has 9 heteroatoms. The van der Waals surface area contributed by atoms with Crippen LogP contribution in [0.5, 0.6) is 0 Å². The number of nitrogens with one attached hydrogen (secondary N) is 1. The van der Waals surface area contributed by atoms with Gasteiger partial charge in [0.2, 0.25) is 5.91 Å². The van der Waals surface area contributed by atoms with Crippen LogP contribution < -0.4 is 5.32 Å². The van der Waals surface area contributed by atoms with Gasteiger partial charge in [-0.15, -0.1) is 0 Å². The summed E-state index contributed by atoms with van der Waals surface area (Å²) in [6, 6.07) is -1.05. The highest BCUT2D eigenvalue weighted by Gasteiger charge is 2.59. The van der Waals surface area contributed by atoms with Crippen molar-refractivity contribution in [3.63, 3.8) is 0 Å². The standard InChI is InChI=1S/C11H12N2O7/c1-2-7(14)12-6-5-19-13(9(6)16)11(10(17)18)4-3-8(15)20-11/h2,6H,1,3-5H2,(H,12,14)(H,17,18)/t6-,11?/m0/s1. The summed E-state index contributed by atoms with van der Waals surface area (Å²) >= 11 is 0. The SMILES string of the molecule is C=CC(=O)N[C@H]1CON(C2(C(=O)O)CCC(=O)O2)C1=O. The van der Waals surface area contributed by atoms with Gasteiger partial charge in [-0.3, -0.25) is 19.2 Å². The van der Waals surface area contributed by atoms with E-state index in [2.05, 4.69) is 11.9 Å². The molecular formula is C11H12N2O7. The maximum atomic E-state index is 12.1. The van der Waals surface area contributed by atoms with Gasteiger partial charge in [-0.2, -0.15) is 5.06 Å². The Hall–Kier alpha value is -2.42. The van der Waals surface area contributed by atoms with Crippen molar-refractivity contribution < 1.29 is 33.9 Å². The lowest BCUT2D eigenvalue weighted by Gasteiger charge is -2.30. The van der Waals surface area contributed by atoms with Crippen molar-refractivity contribution in [2.75, 3.05) is 6.61 Å². The summed E-state index contributed by atoms with van der Waals surface area (Å²) in [5.41, 5.74) is -2.16. The Kier molecular flexibility index (Phi) is 3.45. The Bertz CT molecular complexity index is 503. The van der Waals surface area contributed by atoms with E-state index in [-0.39, 0.29) is 19.4 Å². The summed E-state index contributed by atoms with van der Waals surface area (Å²) < 4.78 is 4.75. The molecule has 2 aliphatic heterocycles. The third-order valence-electron chi connectivity index (χ3n) is 2.98. The second-order valence-corrected chi connectivity index (χ2v) is 4.26. The van der Waals surface area contributed by atoms with Crippen LogP contribution in [0.25, 0.3) is 0 Å². The van der Waals surface area contributed by atoms with Gasteiger partial charge in [0.05, 0.1) is 6.42 Å². The Labute approximate surface area is 113 Å². The van der Waals surface area contributed by atoms with Gasteiger partial charge in [0.1, 0.15) is 12.6 Å². The molecule has 0 aromatic rings. The molecule has 2 fully saturated rings. The number of nitrogens with zero attached hydrogens (tertiary/aromatic N) is 1. The van der Waals surface area contributed by atoms with Crippen molar-refractivity contribution in [2.45, 2.75) is 24.6 Å². The highest BCUT2D eigenvalue weighted by molar-refractivity contribution is 5.96. The van der Waals surface area contributed by atoms with Crippen LogP contribution in [0.1, 0.15) is 12.8 Å². The van der Waals surface area contributed by atoms with E-state index in [0.717, 1.165) is 6.08 Å². The molecule has 0 aromatic carbocycles. The van der Waals surface area contributed by atoms with Gasteiger partial charge >= 0.3 is 17.7 Å². The molecule has 2 aliphatic rings. The molecule has 2 N–H and O–H groups in total. The Morgan fingerprint density at radius 3 is 2.70 bits per heavy atom. The fourth-order valence-corrected chi connectivity index (χ4v) is 1.98. The largest absolute Gasteiger partial charge is 0.477 e. The van der Waals surface area contributed by atoms with E-state index >= 15 is 0 Å². The second-order valence-electron chi connectivity index (χ2n) is 4.26. The van der Waals surface area contributed by atoms with E-state index in [1.807, 2.05) is 0 Å². The second kappa shape index (κ2) is 4.93. The molecule has 0 spiro atoms. The predicted octanol–water partition coefficient (Wildman–Crippen LogP) is -1.45. The lowest BCUT2D eigenvalue weighted by atomic mass is 10.1. The normalized spacial score (nSPS) is 29.2. The van der Waals surface area contributed by atoms with Crippen LogP contribution in [0, 0.1) is 0 Å². The molecule has 2 saturated heterocycles. The molecule has 0 radical (unpaired) electrons. The van der Waals surface area contributed by atoms with E-state index in [1.54, 1.807) is 0 Å². The summed E-state index contributed by atoms with van der Waals surface area (Å²) in [6.45, 7) is 2.99. The minimum atomic E-state index is -2.16. The van der Waals surface area contributed by atoms with Crippen LogP contribution in [0.3, 0.4) is 0 Å². The van der Waals surface area contributed by atoms with Crippen molar-refractivity contribution in [1.82, 2.24) is 10.4 Å². The molecule has 0 saturated carbocycles. The molecule has 1 unspecified atom stereocenters. The number of hydroxylamine groups is 2. The molecular weight excluding hydrogens is 272 g/mol. The Balaban J connectivity index is 2.19. The number of cyclic esters (lactones) is 1. The zero-order valence-electron chi connectivity index (χ0n) is 10.3. The number of ether oxygens (including phenoxy) is 1. The van der Waals surface area contributed by atoms with Crippen molar-refractivity contribution in [1.29, 1.82) is 0 Å². The number of carbonyl (C=O) groups excluding carboxylic acids is 3. The lowest BCUT2D eigenvalue weighted by molar-refractivity contribution is -0.256. The first-order chi connectivity index (χ1) is 9.40. The van der Waals surface area contributed by atoms with Crippen molar-refractivity contribution >= 4 is 23.8 Å². The zero-order valence-corrected chi connectivity index (χ0v) is 10.3. The number of hydrogen-bond acceptors (Lipinski definition) is 6. The van der Waals surface area contributed by atoms with Crippen molar-refractivity contribution in [3.05, 3.63) is 12.7 Å². The first-order valence-electron chi connectivity index (χ1n) is 5.76. The predicted molar refractivity (Wildman–Crippen MR) is 60.6 cm³/mol. The molecule has 2 amide bonds. The summed E-state index contributed by atoms with van der Waals surface area (Å²) in [5.74, 6) is -3.63. The average molecular weight is 284 g/mol. The summed E-state index contributed by atoms with van der Waals surface area (Å²) in [4.78, 5) is 50.7. The summed E-state index contributed by atoms with van der Waals surface area (Å²) in [6.07, 6.45) is 0.622. The van der Waals surface area contributed by atoms with Gasteiger partial charge in [0, 0.05) is 6.42 Å². The first kappa shape index (κ1) is 14.0. The number of carboxylic acid groups (broad SMARTS) is 1. The third kappa shape index (κ3) is 2.11. The molecule has 2 heterocycles. The molecule has 0 aromatic heterocycles. The summed E-state index contributed by atoms with van der Waals surface area (Å²) in [7, 11) is 0. The summed E-state index contributed by atoms with van der Waals surface area (Å²) in [5, 5.41) is 12.0. The topological polar surface area (TPSA) is 122 Å². The number of rotatable bonds is 4. The minimum absolute atomic E-state index is 0.136. The van der Waals surface area contributed by atoms with Crippen molar-refractivity contribution in [3.8, 4) is 0 Å². The Morgan fingerprint density at radius 1 is 1.50 bits per heavy atom. The van der Waals surface area contributed by atoms with E-state index in [1.165, 1.54) is 0 Å². The minimum Gasteiger partial charge on any atom is -0.477 e. The molecule has 20 heavy (non-hydrogen) atoms. The quantitative estimate of drug-likeness (QED) is 0.478. The van der Waals surface area contributed by atoms with E-state index in [0.29, 0.717) is 5.06 Å². The first-order valence-corrected chi connectivity index (χ1v) is 5.76. The smallest absolute Gasteiger partial charge is 0.372 e. The van der Waals surface area contributed by atoms with E-state index in [4.69, 9.17) is 9.57 Å². The number of aliphatic carboxylic acids is 1. The Morgan fingerprint density at radius 2 is 2.20 bits per heavy atom. The van der Waals surface area contributed by atoms with Gasteiger partial charge in [0.15, 0.2) is 0 Å². The number of hydrogen-bond donors (Lipinski definition) is 2. The maximum absolute atomic E-state index is 12.1. The van der Waals surface area contributed by atoms with Crippen LogP contribution in [0.4, 0.5) is 0 Å². The van der Waals surface area contributed by atoms with Crippen LogP contribution in [0.2, 0.25) is 0 Å². The molecule has 2 atom stereocenters. The highest BCUT2D eigenvalue weighted by Crippen LogP contribution is 2.33. The number of amides is 2. The molecule has 0 aliphatic carbocycles.